The van der Waals surface area contributed by atoms with Crippen LogP contribution in [0.25, 0.3) is 5.76 Å². The Balaban J connectivity index is 1.88. The summed E-state index contributed by atoms with van der Waals surface area (Å²) in [6.45, 7) is 4.71. The zero-order valence-corrected chi connectivity index (χ0v) is 20.2. The van der Waals surface area contributed by atoms with Crippen LogP contribution in [0.1, 0.15) is 44.2 Å². The molecule has 0 aliphatic heterocycles. The fourth-order valence-corrected chi connectivity index (χ4v) is 5.57. The highest BCUT2D eigenvalue weighted by Crippen LogP contribution is 2.56. The molecule has 3 aliphatic carbocycles. The molecule has 4 rings (SSSR count). The van der Waals surface area contributed by atoms with Crippen LogP contribution in [-0.2, 0) is 23.9 Å². The molecule has 12 heteroatoms. The summed E-state index contributed by atoms with van der Waals surface area (Å²) in [5.41, 5.74) is 0.850. The number of amides is 1. The summed E-state index contributed by atoms with van der Waals surface area (Å²) in [6.07, 6.45) is -3.40. The van der Waals surface area contributed by atoms with E-state index in [4.69, 9.17) is 15.2 Å². The van der Waals surface area contributed by atoms with Gasteiger partial charge in [-0.25, -0.2) is 4.79 Å². The molecule has 3 aliphatic rings. The van der Waals surface area contributed by atoms with Crippen LogP contribution in [0, 0.1) is 11.8 Å². The number of Topliss-reactive ketones (excluding diaryl/α,β-unsaturated/α-hetero) is 2. The van der Waals surface area contributed by atoms with Crippen LogP contribution in [0.2, 0.25) is 0 Å². The van der Waals surface area contributed by atoms with Crippen LogP contribution in [0.5, 0.6) is 11.5 Å². The summed E-state index contributed by atoms with van der Waals surface area (Å²) >= 11 is 0. The molecule has 1 unspecified atom stereocenters. The third-order valence-corrected chi connectivity index (χ3v) is 7.39. The molecule has 0 spiro atoms. The van der Waals surface area contributed by atoms with Gasteiger partial charge in [-0.15, -0.1) is 0 Å². The summed E-state index contributed by atoms with van der Waals surface area (Å²) in [5, 5.41) is 55.3. The predicted molar refractivity (Wildman–Crippen MR) is 124 cm³/mol. The van der Waals surface area contributed by atoms with Gasteiger partial charge in [0.15, 0.2) is 29.0 Å². The van der Waals surface area contributed by atoms with Crippen molar-refractivity contribution in [1.29, 1.82) is 0 Å². The molecule has 0 aromatic heterocycles. The second-order valence-electron chi connectivity index (χ2n) is 9.37. The molecule has 0 radical (unpaired) electrons. The molecule has 0 saturated heterocycles. The van der Waals surface area contributed by atoms with Gasteiger partial charge < -0.3 is 40.7 Å². The number of esters is 1. The van der Waals surface area contributed by atoms with Crippen LogP contribution < -0.4 is 10.5 Å². The van der Waals surface area contributed by atoms with E-state index in [2.05, 4.69) is 0 Å². The third-order valence-electron chi connectivity index (χ3n) is 7.39. The molecule has 1 aromatic carbocycles. The van der Waals surface area contributed by atoms with Crippen molar-refractivity contribution in [3.63, 3.8) is 0 Å². The molecule has 37 heavy (non-hydrogen) atoms. The fraction of sp³-hybridized carbons (Fsp3) is 0.440. The van der Waals surface area contributed by atoms with Gasteiger partial charge in [0.1, 0.15) is 17.1 Å². The summed E-state index contributed by atoms with van der Waals surface area (Å²) in [6, 6.07) is 2.83. The van der Waals surface area contributed by atoms with Crippen LogP contribution in [0.15, 0.2) is 29.0 Å². The normalized spacial score (nSPS) is 29.8. The van der Waals surface area contributed by atoms with Gasteiger partial charge in [-0.05, 0) is 31.4 Å². The summed E-state index contributed by atoms with van der Waals surface area (Å²) in [4.78, 5) is 49.8. The summed E-state index contributed by atoms with van der Waals surface area (Å²) in [7, 11) is 0. The number of aliphatic hydroxyl groups is 4. The molecular formula is C25H27NO11. The maximum atomic E-state index is 13.6. The number of aromatic hydroxyl groups is 1. The Morgan fingerprint density at radius 1 is 1.22 bits per heavy atom. The van der Waals surface area contributed by atoms with Crippen molar-refractivity contribution in [3.8, 4) is 11.5 Å². The van der Waals surface area contributed by atoms with Crippen LogP contribution >= 0.6 is 0 Å². The Labute approximate surface area is 210 Å². The molecule has 198 valence electrons. The van der Waals surface area contributed by atoms with Gasteiger partial charge in [-0.2, -0.15) is 0 Å². The lowest BCUT2D eigenvalue weighted by Crippen LogP contribution is -2.63. The highest BCUT2D eigenvalue weighted by Gasteiger charge is 2.64. The van der Waals surface area contributed by atoms with Gasteiger partial charge >= 0.3 is 5.97 Å². The van der Waals surface area contributed by atoms with Crippen molar-refractivity contribution in [1.82, 2.24) is 0 Å². The lowest BCUT2D eigenvalue weighted by Gasteiger charge is -2.50. The van der Waals surface area contributed by atoms with Crippen molar-refractivity contribution in [3.05, 3.63) is 40.2 Å². The summed E-state index contributed by atoms with van der Waals surface area (Å²) in [5.74, 6) is -10.6. The largest absolute Gasteiger partial charge is 0.508 e. The first-order chi connectivity index (χ1) is 17.3. The molecule has 1 aromatic rings. The zero-order valence-electron chi connectivity index (χ0n) is 20.2. The average Bonchev–Trinajstić information content (AvgIpc) is 2.82. The van der Waals surface area contributed by atoms with Crippen molar-refractivity contribution >= 4 is 29.2 Å². The second-order valence-corrected chi connectivity index (χ2v) is 9.37. The first-order valence-electron chi connectivity index (χ1n) is 11.6. The van der Waals surface area contributed by atoms with E-state index in [9.17, 15) is 44.7 Å². The second kappa shape index (κ2) is 8.89. The number of fused-ring (bicyclic) bond motifs is 3. The van der Waals surface area contributed by atoms with E-state index in [1.807, 2.05) is 0 Å². The number of aliphatic hydroxyl groups excluding tert-OH is 3. The maximum Gasteiger partial charge on any atom is 0.347 e. The topological polar surface area (TPSA) is 214 Å². The van der Waals surface area contributed by atoms with Crippen molar-refractivity contribution in [2.45, 2.75) is 50.9 Å². The predicted octanol–water partition coefficient (Wildman–Crippen LogP) is 0.286. The number of phenolic OH excluding ortho intramolecular Hbond substituents is 1. The first kappa shape index (κ1) is 26.2. The number of carbonyl (C=O) groups is 4. The highest BCUT2D eigenvalue weighted by atomic mass is 16.6. The molecule has 0 bridgehead atoms. The number of ketones is 2. The Morgan fingerprint density at radius 2 is 1.86 bits per heavy atom. The average molecular weight is 517 g/mol. The molecule has 12 nitrogen and oxygen atoms in total. The van der Waals surface area contributed by atoms with Gasteiger partial charge in [0, 0.05) is 23.8 Å². The molecule has 1 fully saturated rings. The van der Waals surface area contributed by atoms with Gasteiger partial charge in [-0.1, -0.05) is 13.0 Å². The number of nitrogens with two attached hydrogens (primary N) is 1. The number of carbonyl (C=O) groups excluding carboxylic acids is 4. The number of rotatable bonds is 5. The SMILES string of the molecule is CCOC(=O)C(C)Oc1ccc2c(c1O)C(O)=C1C(=O)[C@]3(O)C(O)=C(C(N)=O)C(=O)C[C@@H]3[C@@H](O)[C@@H]1[C@H]2C. The van der Waals surface area contributed by atoms with E-state index < -0.39 is 93.8 Å². The number of ether oxygens (including phenoxy) is 2. The van der Waals surface area contributed by atoms with E-state index in [0.717, 1.165) is 0 Å². The minimum atomic E-state index is -2.92. The van der Waals surface area contributed by atoms with E-state index >= 15 is 0 Å². The Morgan fingerprint density at radius 3 is 2.46 bits per heavy atom. The standard InChI is InChI=1S/C25H27NO11/c1-4-36-24(34)9(3)37-13-6-5-10-8(2)14-17(20(30)15(10)19(13)29)22(32)25(35)11(18(14)28)7-12(27)16(21(25)31)23(26)33/h5-6,8-9,11,14,18,28-31,35H,4,7H2,1-3H3,(H2,26,33)/t8-,9?,11+,14+,18+,25+/m0/s1. The van der Waals surface area contributed by atoms with Crippen molar-refractivity contribution < 1.29 is 54.2 Å². The smallest absolute Gasteiger partial charge is 0.347 e. The Kier molecular flexibility index (Phi) is 6.29. The van der Waals surface area contributed by atoms with Gasteiger partial charge in [0.05, 0.1) is 18.3 Å². The van der Waals surface area contributed by atoms with E-state index in [-0.39, 0.29) is 17.9 Å². The van der Waals surface area contributed by atoms with Crippen LogP contribution in [0.4, 0.5) is 0 Å². The Hall–Kier alpha value is -3.90. The number of primary amides is 1. The monoisotopic (exact) mass is 517 g/mol. The molecule has 1 saturated carbocycles. The van der Waals surface area contributed by atoms with Crippen LogP contribution in [0.3, 0.4) is 0 Å². The van der Waals surface area contributed by atoms with E-state index in [1.165, 1.54) is 19.1 Å². The summed E-state index contributed by atoms with van der Waals surface area (Å²) < 4.78 is 10.4. The minimum absolute atomic E-state index is 0.104. The molecular weight excluding hydrogens is 490 g/mol. The highest BCUT2D eigenvalue weighted by molar-refractivity contribution is 6.23. The van der Waals surface area contributed by atoms with Crippen molar-refractivity contribution in [2.24, 2.45) is 17.6 Å². The van der Waals surface area contributed by atoms with E-state index in [0.29, 0.717) is 5.56 Å². The first-order valence-corrected chi connectivity index (χ1v) is 11.6. The van der Waals surface area contributed by atoms with Gasteiger partial charge in [0.2, 0.25) is 5.78 Å². The van der Waals surface area contributed by atoms with Crippen LogP contribution in [-0.4, -0.2) is 73.4 Å². The number of hydrogen-bond acceptors (Lipinski definition) is 11. The van der Waals surface area contributed by atoms with Crippen molar-refractivity contribution in [2.75, 3.05) is 6.61 Å². The number of phenols is 1. The lowest BCUT2D eigenvalue weighted by molar-refractivity contribution is -0.160. The molecule has 6 atom stereocenters. The maximum absolute atomic E-state index is 13.6. The van der Waals surface area contributed by atoms with E-state index in [1.54, 1.807) is 13.8 Å². The van der Waals surface area contributed by atoms with Gasteiger partial charge in [-0.3, -0.25) is 14.4 Å². The zero-order chi connectivity index (χ0) is 27.6. The van der Waals surface area contributed by atoms with Gasteiger partial charge in [0.25, 0.3) is 5.91 Å². The molecule has 0 heterocycles. The molecule has 1 amide bonds. The third kappa shape index (κ3) is 3.58. The number of benzene rings is 1. The minimum Gasteiger partial charge on any atom is -0.508 e. The molecule has 7 N–H and O–H groups in total. The fourth-order valence-electron chi connectivity index (χ4n) is 5.57. The Bertz CT molecular complexity index is 1300. The number of hydrogen-bond donors (Lipinski definition) is 6. The quantitative estimate of drug-likeness (QED) is 0.230. The lowest BCUT2D eigenvalue weighted by atomic mass is 9.55.